The third-order valence-electron chi connectivity index (χ3n) is 5.11. The highest BCUT2D eigenvalue weighted by molar-refractivity contribution is 7.89. The second-order valence-corrected chi connectivity index (χ2v) is 9.67. The van der Waals surface area contributed by atoms with E-state index < -0.39 is 15.8 Å². The molecule has 0 spiro atoms. The van der Waals surface area contributed by atoms with Gasteiger partial charge in [0.25, 0.3) is 5.91 Å². The first kappa shape index (κ1) is 23.6. The van der Waals surface area contributed by atoms with Gasteiger partial charge in [-0.1, -0.05) is 66.2 Å². The van der Waals surface area contributed by atoms with E-state index in [0.717, 1.165) is 16.7 Å². The first-order valence-electron chi connectivity index (χ1n) is 10.3. The minimum atomic E-state index is -3.67. The lowest BCUT2D eigenvalue weighted by atomic mass is 10.0. The van der Waals surface area contributed by atoms with Crippen molar-refractivity contribution in [3.8, 4) is 11.1 Å². The van der Waals surface area contributed by atoms with Crippen molar-refractivity contribution >= 4 is 33.2 Å². The van der Waals surface area contributed by atoms with Gasteiger partial charge in [0.1, 0.15) is 5.82 Å². The van der Waals surface area contributed by atoms with Crippen molar-refractivity contribution in [3.63, 3.8) is 0 Å². The average Bonchev–Trinajstić information content (AvgIpc) is 2.86. The zero-order chi connectivity index (χ0) is 24.1. The number of rotatable bonds is 7. The summed E-state index contributed by atoms with van der Waals surface area (Å²) in [5.41, 5.74) is 3.12. The van der Waals surface area contributed by atoms with Crippen LogP contribution in [-0.4, -0.2) is 14.3 Å². The van der Waals surface area contributed by atoms with Crippen molar-refractivity contribution in [3.05, 3.63) is 119 Å². The Morgan fingerprint density at radius 1 is 0.824 bits per heavy atom. The van der Waals surface area contributed by atoms with Crippen LogP contribution in [0.2, 0.25) is 5.02 Å². The molecule has 1 amide bonds. The Labute approximate surface area is 202 Å². The van der Waals surface area contributed by atoms with Crippen LogP contribution in [0.15, 0.2) is 102 Å². The molecule has 8 heteroatoms. The Hall–Kier alpha value is -3.52. The van der Waals surface area contributed by atoms with Gasteiger partial charge in [0.15, 0.2) is 0 Å². The van der Waals surface area contributed by atoms with Crippen molar-refractivity contribution < 1.29 is 17.6 Å². The summed E-state index contributed by atoms with van der Waals surface area (Å²) in [6.07, 6.45) is 0. The van der Waals surface area contributed by atoms with Crippen LogP contribution in [0, 0.1) is 5.82 Å². The van der Waals surface area contributed by atoms with Crippen LogP contribution in [0.4, 0.5) is 10.1 Å². The monoisotopic (exact) mass is 494 g/mol. The minimum absolute atomic E-state index is 0.0835. The average molecular weight is 495 g/mol. The highest BCUT2D eigenvalue weighted by Gasteiger charge is 2.14. The number of amides is 1. The molecular weight excluding hydrogens is 475 g/mol. The molecule has 4 aromatic rings. The van der Waals surface area contributed by atoms with Crippen molar-refractivity contribution in [2.24, 2.45) is 0 Å². The highest BCUT2D eigenvalue weighted by Crippen LogP contribution is 2.24. The molecule has 5 nitrogen and oxygen atoms in total. The molecule has 172 valence electrons. The molecule has 4 rings (SSSR count). The number of carbonyl (C=O) groups excluding carboxylic acids is 1. The van der Waals surface area contributed by atoms with E-state index in [2.05, 4.69) is 10.0 Å². The molecule has 0 heterocycles. The predicted octanol–water partition coefficient (Wildman–Crippen LogP) is 5.88. The van der Waals surface area contributed by atoms with Gasteiger partial charge in [0.2, 0.25) is 10.0 Å². The highest BCUT2D eigenvalue weighted by atomic mass is 35.5. The molecule has 4 aromatic carbocycles. The Morgan fingerprint density at radius 3 is 2.26 bits per heavy atom. The van der Waals surface area contributed by atoms with Crippen LogP contribution in [-0.2, 0) is 16.6 Å². The first-order valence-corrected chi connectivity index (χ1v) is 12.2. The maximum atomic E-state index is 13.3. The van der Waals surface area contributed by atoms with Crippen molar-refractivity contribution in [2.45, 2.75) is 11.4 Å². The number of nitrogens with one attached hydrogen (secondary N) is 2. The Bertz CT molecular complexity index is 1430. The zero-order valence-electron chi connectivity index (χ0n) is 17.8. The Morgan fingerprint density at radius 2 is 1.56 bits per heavy atom. The quantitative estimate of drug-likeness (QED) is 0.337. The van der Waals surface area contributed by atoms with E-state index in [-0.39, 0.29) is 22.4 Å². The second-order valence-electron chi connectivity index (χ2n) is 7.50. The van der Waals surface area contributed by atoms with Crippen LogP contribution in [0.1, 0.15) is 15.9 Å². The predicted molar refractivity (Wildman–Crippen MR) is 132 cm³/mol. The number of hydrogen-bond donors (Lipinski definition) is 2. The second kappa shape index (κ2) is 10.2. The third kappa shape index (κ3) is 5.69. The van der Waals surface area contributed by atoms with Crippen molar-refractivity contribution in [1.29, 1.82) is 0 Å². The normalized spacial score (nSPS) is 11.2. The standard InChI is InChI=1S/C26H20ClFN2O3S/c27-24-16-22(11-14-25(24)28)30-26(31)21-8-4-7-20(15-21)19-9-12-23(13-10-19)34(32,33)29-17-18-5-2-1-3-6-18/h1-16,29H,17H2,(H,30,31). The lowest BCUT2D eigenvalue weighted by molar-refractivity contribution is 0.102. The maximum absolute atomic E-state index is 13.3. The van der Waals surface area contributed by atoms with E-state index >= 15 is 0 Å². The lowest BCUT2D eigenvalue weighted by Gasteiger charge is -2.10. The molecule has 0 saturated heterocycles. The van der Waals surface area contributed by atoms with E-state index in [0.29, 0.717) is 11.3 Å². The molecule has 0 radical (unpaired) electrons. The van der Waals surface area contributed by atoms with E-state index in [1.54, 1.807) is 30.3 Å². The smallest absolute Gasteiger partial charge is 0.255 e. The summed E-state index contributed by atoms with van der Waals surface area (Å²) in [6, 6.07) is 26.5. The van der Waals surface area contributed by atoms with Gasteiger partial charge in [-0.25, -0.2) is 17.5 Å². The molecule has 0 aliphatic rings. The summed E-state index contributed by atoms with van der Waals surface area (Å²) in [5, 5.41) is 2.60. The van der Waals surface area contributed by atoms with Crippen molar-refractivity contribution in [2.75, 3.05) is 5.32 Å². The summed E-state index contributed by atoms with van der Waals surface area (Å²) in [4.78, 5) is 12.8. The molecule has 2 N–H and O–H groups in total. The number of benzene rings is 4. The van der Waals surface area contributed by atoms with Crippen LogP contribution in [0.5, 0.6) is 0 Å². The minimum Gasteiger partial charge on any atom is -0.322 e. The van der Waals surface area contributed by atoms with E-state index in [9.17, 15) is 17.6 Å². The SMILES string of the molecule is O=C(Nc1ccc(F)c(Cl)c1)c1cccc(-c2ccc(S(=O)(=O)NCc3ccccc3)cc2)c1. The summed E-state index contributed by atoms with van der Waals surface area (Å²) in [7, 11) is -3.67. The fraction of sp³-hybridized carbons (Fsp3) is 0.0385. The van der Waals surface area contributed by atoms with Crippen LogP contribution in [0.3, 0.4) is 0 Å². The number of carbonyl (C=O) groups is 1. The van der Waals surface area contributed by atoms with Gasteiger partial charge in [0, 0.05) is 17.8 Å². The van der Waals surface area contributed by atoms with Gasteiger partial charge in [0.05, 0.1) is 9.92 Å². The van der Waals surface area contributed by atoms with Gasteiger partial charge < -0.3 is 5.32 Å². The molecule has 0 bridgehead atoms. The molecule has 0 aromatic heterocycles. The molecule has 0 aliphatic carbocycles. The summed E-state index contributed by atoms with van der Waals surface area (Å²) >= 11 is 5.77. The largest absolute Gasteiger partial charge is 0.322 e. The molecule has 0 saturated carbocycles. The Kier molecular flexibility index (Phi) is 7.07. The number of sulfonamides is 1. The first-order chi connectivity index (χ1) is 16.3. The molecular formula is C26H20ClFN2O3S. The fourth-order valence-corrected chi connectivity index (χ4v) is 4.50. The van der Waals surface area contributed by atoms with Crippen molar-refractivity contribution in [1.82, 2.24) is 4.72 Å². The number of anilines is 1. The third-order valence-corrected chi connectivity index (χ3v) is 6.82. The van der Waals surface area contributed by atoms with Crippen LogP contribution < -0.4 is 10.0 Å². The fourth-order valence-electron chi connectivity index (χ4n) is 3.30. The van der Waals surface area contributed by atoms with Gasteiger partial charge in [-0.05, 0) is 59.2 Å². The summed E-state index contributed by atoms with van der Waals surface area (Å²) < 4.78 is 41.2. The summed E-state index contributed by atoms with van der Waals surface area (Å²) in [5.74, 6) is -0.948. The van der Waals surface area contributed by atoms with Gasteiger partial charge in [-0.2, -0.15) is 0 Å². The maximum Gasteiger partial charge on any atom is 0.255 e. The van der Waals surface area contributed by atoms with E-state index in [1.807, 2.05) is 36.4 Å². The molecule has 0 unspecified atom stereocenters. The van der Waals surface area contributed by atoms with Crippen LogP contribution in [0.25, 0.3) is 11.1 Å². The molecule has 0 atom stereocenters. The van der Waals surface area contributed by atoms with E-state index in [1.165, 1.54) is 30.3 Å². The van der Waals surface area contributed by atoms with E-state index in [4.69, 9.17) is 11.6 Å². The number of hydrogen-bond acceptors (Lipinski definition) is 3. The molecule has 0 fully saturated rings. The zero-order valence-corrected chi connectivity index (χ0v) is 19.4. The van der Waals surface area contributed by atoms with Gasteiger partial charge >= 0.3 is 0 Å². The molecule has 34 heavy (non-hydrogen) atoms. The van der Waals surface area contributed by atoms with Gasteiger partial charge in [-0.15, -0.1) is 0 Å². The Balaban J connectivity index is 1.48. The number of halogens is 2. The van der Waals surface area contributed by atoms with Gasteiger partial charge in [-0.3, -0.25) is 4.79 Å². The van der Waals surface area contributed by atoms with Crippen LogP contribution >= 0.6 is 11.6 Å². The molecule has 0 aliphatic heterocycles. The topological polar surface area (TPSA) is 75.3 Å². The summed E-state index contributed by atoms with van der Waals surface area (Å²) in [6.45, 7) is 0.196. The lowest BCUT2D eigenvalue weighted by Crippen LogP contribution is -2.23.